The Labute approximate surface area is 346 Å². The molecule has 0 aromatic heterocycles. The SMILES string of the molecule is COc1ccc(F)c(N2CCC(CN3CCC4(CC3)COc3c4ccc4c3CN(C3CCC(=O)NC3=O)C4=O)CC2)c1.Oc1ccc2c(c1)CCCC2.c1ccccc1. The Morgan fingerprint density at radius 3 is 2.25 bits per heavy atom. The lowest BCUT2D eigenvalue weighted by Gasteiger charge is -2.41. The largest absolute Gasteiger partial charge is 0.508 e. The van der Waals surface area contributed by atoms with Gasteiger partial charge in [-0.1, -0.05) is 48.5 Å². The summed E-state index contributed by atoms with van der Waals surface area (Å²) in [4.78, 5) is 43.6. The summed E-state index contributed by atoms with van der Waals surface area (Å²) in [5.74, 6) is 1.45. The number of rotatable bonds is 5. The van der Waals surface area contributed by atoms with Crippen molar-refractivity contribution in [2.24, 2.45) is 5.92 Å². The van der Waals surface area contributed by atoms with Crippen LogP contribution < -0.4 is 19.7 Å². The zero-order valence-corrected chi connectivity index (χ0v) is 34.0. The highest BCUT2D eigenvalue weighted by Gasteiger charge is 2.47. The molecule has 5 heterocycles. The number of nitrogens with one attached hydrogen (secondary N) is 1. The number of aryl methyl sites for hydroxylation is 2. The van der Waals surface area contributed by atoms with Crippen LogP contribution in [0.2, 0.25) is 0 Å². The fourth-order valence-electron chi connectivity index (χ4n) is 9.75. The van der Waals surface area contributed by atoms with E-state index in [1.807, 2.05) is 54.6 Å². The van der Waals surface area contributed by atoms with Crippen LogP contribution in [0, 0.1) is 11.7 Å². The number of halogens is 1. The monoisotopic (exact) mass is 802 g/mol. The standard InChI is InChI=1S/C32H37FN4O5.C10H12O.C6H6/c1-41-21-2-5-25(33)27(16-21)36-12-8-20(9-13-36)17-35-14-10-32(11-15-35)19-42-29-23-18-37(26-6-7-28(38)34-30(26)39)31(40)22(23)3-4-24(29)32;11-10-6-5-8-3-1-2-4-9(8)7-10;1-2-4-6-5-3-1/h2-5,16,20,26H,6-15,17-19H2,1H3,(H,34,38,39);5-7,11H,1-4H2;1-6H. The minimum Gasteiger partial charge on any atom is -0.508 e. The van der Waals surface area contributed by atoms with E-state index in [-0.39, 0.29) is 29.5 Å². The zero-order chi connectivity index (χ0) is 40.9. The first-order valence-electron chi connectivity index (χ1n) is 21.3. The van der Waals surface area contributed by atoms with Crippen molar-refractivity contribution in [2.75, 3.05) is 51.3 Å². The number of nitrogens with zero attached hydrogens (tertiary/aromatic N) is 3. The molecule has 11 heteroatoms. The van der Waals surface area contributed by atoms with Crippen LogP contribution in [0.4, 0.5) is 10.1 Å². The average molecular weight is 803 g/mol. The van der Waals surface area contributed by atoms with E-state index in [4.69, 9.17) is 9.47 Å². The van der Waals surface area contributed by atoms with Crippen LogP contribution in [0.25, 0.3) is 0 Å². The number of imide groups is 1. The molecule has 0 saturated carbocycles. The second-order valence-electron chi connectivity index (χ2n) is 16.8. The highest BCUT2D eigenvalue weighted by atomic mass is 19.1. The number of aromatic hydroxyl groups is 1. The first-order chi connectivity index (χ1) is 28.7. The number of hydrogen-bond donors (Lipinski definition) is 2. The normalized spacial score (nSPS) is 20.9. The second kappa shape index (κ2) is 17.8. The first-order valence-corrected chi connectivity index (χ1v) is 21.3. The van der Waals surface area contributed by atoms with E-state index in [1.54, 1.807) is 30.2 Å². The smallest absolute Gasteiger partial charge is 0.255 e. The molecule has 5 aliphatic heterocycles. The number of phenolic OH excluding ortho intramolecular Hbond substituents is 1. The fraction of sp³-hybridized carbons (Fsp3) is 0.438. The van der Waals surface area contributed by atoms with Crippen molar-refractivity contribution in [3.05, 3.63) is 119 Å². The summed E-state index contributed by atoms with van der Waals surface area (Å²) >= 11 is 0. The molecule has 1 atom stereocenters. The van der Waals surface area contributed by atoms with E-state index in [9.17, 15) is 23.9 Å². The number of hydrogen-bond acceptors (Lipinski definition) is 8. The van der Waals surface area contributed by atoms with Gasteiger partial charge in [-0.15, -0.1) is 0 Å². The van der Waals surface area contributed by atoms with Crippen molar-refractivity contribution in [2.45, 2.75) is 82.2 Å². The number of methoxy groups -OCH3 is 1. The van der Waals surface area contributed by atoms with Crippen LogP contribution in [0.5, 0.6) is 17.2 Å². The summed E-state index contributed by atoms with van der Waals surface area (Å²) in [7, 11) is 1.60. The molecule has 4 aromatic carbocycles. The third-order valence-corrected chi connectivity index (χ3v) is 13.2. The number of ether oxygens (including phenoxy) is 2. The van der Waals surface area contributed by atoms with Crippen molar-refractivity contribution >= 4 is 23.4 Å². The topological polar surface area (TPSA) is 112 Å². The molecule has 0 radical (unpaired) electrons. The fourth-order valence-corrected chi connectivity index (χ4v) is 9.75. The van der Waals surface area contributed by atoms with Crippen LogP contribution in [0.1, 0.15) is 84.0 Å². The summed E-state index contributed by atoms with van der Waals surface area (Å²) in [6.45, 7) is 5.67. The third-order valence-electron chi connectivity index (χ3n) is 13.2. The Morgan fingerprint density at radius 2 is 1.56 bits per heavy atom. The van der Waals surface area contributed by atoms with Gasteiger partial charge in [0.05, 0.1) is 25.9 Å². The molecule has 4 aromatic rings. The van der Waals surface area contributed by atoms with Crippen molar-refractivity contribution in [3.8, 4) is 17.2 Å². The van der Waals surface area contributed by atoms with Crippen LogP contribution in [0.3, 0.4) is 0 Å². The molecule has 10 nitrogen and oxygen atoms in total. The summed E-state index contributed by atoms with van der Waals surface area (Å²) in [5, 5.41) is 11.6. The van der Waals surface area contributed by atoms with Crippen LogP contribution >= 0.6 is 0 Å². The molecule has 2 N–H and O–H groups in total. The zero-order valence-electron chi connectivity index (χ0n) is 34.0. The second-order valence-corrected chi connectivity index (χ2v) is 16.8. The number of amides is 3. The van der Waals surface area contributed by atoms with E-state index in [2.05, 4.69) is 21.2 Å². The molecule has 1 spiro atoms. The Morgan fingerprint density at radius 1 is 0.847 bits per heavy atom. The van der Waals surface area contributed by atoms with Crippen LogP contribution in [-0.2, 0) is 34.4 Å². The van der Waals surface area contributed by atoms with Gasteiger partial charge in [-0.05, 0) is 118 Å². The number of phenols is 1. The van der Waals surface area contributed by atoms with Gasteiger partial charge in [0.25, 0.3) is 5.91 Å². The maximum atomic E-state index is 14.5. The Balaban J connectivity index is 0.000000234. The Kier molecular flexibility index (Phi) is 12.2. The molecule has 10 rings (SSSR count). The summed E-state index contributed by atoms with van der Waals surface area (Å²) in [6, 6.07) is 26.0. The maximum absolute atomic E-state index is 14.5. The van der Waals surface area contributed by atoms with Crippen molar-refractivity contribution in [1.29, 1.82) is 0 Å². The van der Waals surface area contributed by atoms with Crippen molar-refractivity contribution < 1.29 is 33.4 Å². The molecule has 310 valence electrons. The lowest BCUT2D eigenvalue weighted by Crippen LogP contribution is -2.52. The minimum absolute atomic E-state index is 0.0563. The van der Waals surface area contributed by atoms with Gasteiger partial charge in [0.2, 0.25) is 11.8 Å². The third kappa shape index (κ3) is 8.81. The van der Waals surface area contributed by atoms with Gasteiger partial charge in [-0.3, -0.25) is 19.7 Å². The number of anilines is 1. The van der Waals surface area contributed by atoms with E-state index >= 15 is 0 Å². The van der Waals surface area contributed by atoms with E-state index in [1.165, 1.54) is 42.0 Å². The minimum atomic E-state index is -0.627. The Bertz CT molecular complexity index is 2120. The Hall–Kier alpha value is -5.42. The molecule has 3 fully saturated rings. The first kappa shape index (κ1) is 40.4. The number of carbonyl (C=O) groups is 3. The number of piperidine rings is 3. The van der Waals surface area contributed by atoms with Gasteiger partial charge in [0.1, 0.15) is 29.1 Å². The number of likely N-dealkylation sites (tertiary alicyclic amines) is 1. The highest BCUT2D eigenvalue weighted by Crippen LogP contribution is 2.50. The molecule has 1 unspecified atom stereocenters. The quantitative estimate of drug-likeness (QED) is 0.204. The van der Waals surface area contributed by atoms with Gasteiger partial charge >= 0.3 is 0 Å². The molecular formula is C48H55FN4O6. The number of benzene rings is 4. The summed E-state index contributed by atoms with van der Waals surface area (Å²) < 4.78 is 26.1. The van der Waals surface area contributed by atoms with Gasteiger partial charge in [-0.2, -0.15) is 0 Å². The summed E-state index contributed by atoms with van der Waals surface area (Å²) in [6.07, 6.45) is 9.57. The van der Waals surface area contributed by atoms with Crippen LogP contribution in [0.15, 0.2) is 84.9 Å². The van der Waals surface area contributed by atoms with Gasteiger partial charge in [0, 0.05) is 54.2 Å². The molecule has 3 saturated heterocycles. The highest BCUT2D eigenvalue weighted by molar-refractivity contribution is 6.05. The maximum Gasteiger partial charge on any atom is 0.255 e. The van der Waals surface area contributed by atoms with E-state index in [0.29, 0.717) is 48.2 Å². The van der Waals surface area contributed by atoms with Gasteiger partial charge in [0.15, 0.2) is 0 Å². The van der Waals surface area contributed by atoms with E-state index < -0.39 is 11.9 Å². The molecule has 1 aliphatic carbocycles. The number of fused-ring (bicyclic) bond motifs is 5. The van der Waals surface area contributed by atoms with E-state index in [0.717, 1.165) is 76.1 Å². The molecule has 3 amide bonds. The molecule has 59 heavy (non-hydrogen) atoms. The summed E-state index contributed by atoms with van der Waals surface area (Å²) in [5.41, 5.74) is 6.01. The number of carbonyl (C=O) groups excluding carboxylic acids is 3. The van der Waals surface area contributed by atoms with Crippen LogP contribution in [-0.4, -0.2) is 85.1 Å². The lowest BCUT2D eigenvalue weighted by atomic mass is 9.73. The molecular weight excluding hydrogens is 748 g/mol. The van der Waals surface area contributed by atoms with Gasteiger partial charge in [-0.25, -0.2) is 4.39 Å². The predicted octanol–water partition coefficient (Wildman–Crippen LogP) is 7.20. The van der Waals surface area contributed by atoms with Crippen molar-refractivity contribution in [3.63, 3.8) is 0 Å². The van der Waals surface area contributed by atoms with Gasteiger partial charge < -0.3 is 29.3 Å². The average Bonchev–Trinajstić information content (AvgIpc) is 3.80. The lowest BCUT2D eigenvalue weighted by molar-refractivity contribution is -0.136. The molecule has 6 aliphatic rings. The van der Waals surface area contributed by atoms with Crippen molar-refractivity contribution in [1.82, 2.24) is 15.1 Å². The predicted molar refractivity (Wildman–Crippen MR) is 224 cm³/mol. The molecule has 0 bridgehead atoms.